The van der Waals surface area contributed by atoms with E-state index in [2.05, 4.69) is 30.0 Å². The van der Waals surface area contributed by atoms with Crippen LogP contribution in [0.2, 0.25) is 0 Å². The van der Waals surface area contributed by atoms with Crippen molar-refractivity contribution in [3.8, 4) is 5.75 Å². The van der Waals surface area contributed by atoms with Gasteiger partial charge >= 0.3 is 0 Å². The van der Waals surface area contributed by atoms with Gasteiger partial charge < -0.3 is 14.5 Å². The van der Waals surface area contributed by atoms with E-state index >= 15 is 0 Å². The van der Waals surface area contributed by atoms with Crippen LogP contribution in [0.15, 0.2) is 42.5 Å². The fourth-order valence-electron chi connectivity index (χ4n) is 3.26. The summed E-state index contributed by atoms with van der Waals surface area (Å²) in [6.07, 6.45) is 1.34. The van der Waals surface area contributed by atoms with E-state index < -0.39 is 0 Å². The molecule has 1 aliphatic rings. The van der Waals surface area contributed by atoms with Gasteiger partial charge in [-0.05, 0) is 56.3 Å². The number of anilines is 1. The Morgan fingerprint density at radius 3 is 2.80 bits per heavy atom. The molecule has 0 bridgehead atoms. The minimum absolute atomic E-state index is 0.151. The van der Waals surface area contributed by atoms with E-state index in [-0.39, 0.29) is 5.91 Å². The summed E-state index contributed by atoms with van der Waals surface area (Å²) < 4.78 is 5.77. The molecular formula is C21H26N2O2. The van der Waals surface area contributed by atoms with Crippen LogP contribution in [-0.4, -0.2) is 44.6 Å². The number of carbonyl (C=O) groups excluding carboxylic acids is 1. The molecule has 0 fully saturated rings. The van der Waals surface area contributed by atoms with Gasteiger partial charge in [0.1, 0.15) is 12.4 Å². The number of hydrogen-bond donors (Lipinski definition) is 0. The molecule has 0 saturated heterocycles. The summed E-state index contributed by atoms with van der Waals surface area (Å²) in [5.41, 5.74) is 4.54. The van der Waals surface area contributed by atoms with Gasteiger partial charge in [0, 0.05) is 18.8 Å². The third-order valence-corrected chi connectivity index (χ3v) is 4.56. The highest BCUT2D eigenvalue weighted by Crippen LogP contribution is 2.31. The lowest BCUT2D eigenvalue weighted by atomic mass is 10.1. The van der Waals surface area contributed by atoms with Crippen molar-refractivity contribution in [2.45, 2.75) is 19.8 Å². The molecule has 1 aliphatic heterocycles. The minimum Gasteiger partial charge on any atom is -0.492 e. The normalized spacial score (nSPS) is 13.2. The summed E-state index contributed by atoms with van der Waals surface area (Å²) in [7, 11) is 4.04. The highest BCUT2D eigenvalue weighted by atomic mass is 16.5. The van der Waals surface area contributed by atoms with E-state index in [1.807, 2.05) is 43.3 Å². The maximum Gasteiger partial charge on any atom is 0.231 e. The molecule has 4 heteroatoms. The number of carbonyl (C=O) groups is 1. The van der Waals surface area contributed by atoms with Gasteiger partial charge in [0.2, 0.25) is 5.91 Å². The smallest absolute Gasteiger partial charge is 0.231 e. The largest absolute Gasteiger partial charge is 0.492 e. The van der Waals surface area contributed by atoms with Gasteiger partial charge in [-0.25, -0.2) is 0 Å². The van der Waals surface area contributed by atoms with Gasteiger partial charge in [-0.3, -0.25) is 4.79 Å². The van der Waals surface area contributed by atoms with Crippen LogP contribution in [-0.2, 0) is 17.6 Å². The molecule has 0 saturated carbocycles. The van der Waals surface area contributed by atoms with Crippen molar-refractivity contribution in [2.24, 2.45) is 0 Å². The molecule has 25 heavy (non-hydrogen) atoms. The molecule has 0 atom stereocenters. The zero-order valence-corrected chi connectivity index (χ0v) is 15.3. The second kappa shape index (κ2) is 7.70. The Kier molecular flexibility index (Phi) is 5.39. The van der Waals surface area contributed by atoms with E-state index in [1.165, 1.54) is 11.1 Å². The number of amides is 1. The van der Waals surface area contributed by atoms with Gasteiger partial charge in [0.15, 0.2) is 0 Å². The summed E-state index contributed by atoms with van der Waals surface area (Å²) in [4.78, 5) is 16.8. The van der Waals surface area contributed by atoms with Crippen molar-refractivity contribution in [3.05, 3.63) is 59.2 Å². The molecular weight excluding hydrogens is 312 g/mol. The fourth-order valence-corrected chi connectivity index (χ4v) is 3.26. The topological polar surface area (TPSA) is 32.8 Å². The Balaban J connectivity index is 1.66. The molecule has 0 aromatic heterocycles. The van der Waals surface area contributed by atoms with Crippen molar-refractivity contribution < 1.29 is 9.53 Å². The van der Waals surface area contributed by atoms with Crippen LogP contribution < -0.4 is 9.64 Å². The van der Waals surface area contributed by atoms with Crippen LogP contribution in [0.3, 0.4) is 0 Å². The van der Waals surface area contributed by atoms with E-state index in [9.17, 15) is 4.79 Å². The minimum atomic E-state index is 0.151. The molecule has 4 nitrogen and oxygen atoms in total. The molecule has 0 unspecified atom stereocenters. The van der Waals surface area contributed by atoms with Gasteiger partial charge in [0.25, 0.3) is 0 Å². The molecule has 0 radical (unpaired) electrons. The number of ether oxygens (including phenoxy) is 1. The van der Waals surface area contributed by atoms with E-state index in [0.717, 1.165) is 36.5 Å². The zero-order valence-electron chi connectivity index (χ0n) is 15.3. The predicted molar refractivity (Wildman–Crippen MR) is 101 cm³/mol. The lowest BCUT2D eigenvalue weighted by Crippen LogP contribution is -2.30. The number of hydrogen-bond acceptors (Lipinski definition) is 3. The quantitative estimate of drug-likeness (QED) is 0.811. The summed E-state index contributed by atoms with van der Waals surface area (Å²) in [5.74, 6) is 0.976. The van der Waals surface area contributed by atoms with Crippen LogP contribution in [0, 0.1) is 6.92 Å². The van der Waals surface area contributed by atoms with E-state index in [0.29, 0.717) is 13.0 Å². The standard InChI is InChI=1S/C21H26N2O2/c1-16-6-4-8-18-10-11-23(21(16)18)20(24)15-17-7-5-9-19(14-17)25-13-12-22(2)3/h4-9,14H,10-13,15H2,1-3H3. The summed E-state index contributed by atoms with van der Waals surface area (Å²) >= 11 is 0. The first-order valence-corrected chi connectivity index (χ1v) is 8.80. The van der Waals surface area contributed by atoms with Crippen LogP contribution in [0.1, 0.15) is 16.7 Å². The maximum atomic E-state index is 12.8. The zero-order chi connectivity index (χ0) is 17.8. The second-order valence-electron chi connectivity index (χ2n) is 6.85. The van der Waals surface area contributed by atoms with Crippen molar-refractivity contribution in [1.29, 1.82) is 0 Å². The SMILES string of the molecule is Cc1cccc2c1N(C(=O)Cc1cccc(OCCN(C)C)c1)CC2. The molecule has 3 rings (SSSR count). The van der Waals surface area contributed by atoms with Crippen molar-refractivity contribution in [2.75, 3.05) is 38.7 Å². The first-order chi connectivity index (χ1) is 12.0. The first kappa shape index (κ1) is 17.5. The summed E-state index contributed by atoms with van der Waals surface area (Å²) in [5, 5.41) is 0. The number of likely N-dealkylation sites (N-methyl/N-ethyl adjacent to an activating group) is 1. The molecule has 2 aromatic carbocycles. The Labute approximate surface area is 150 Å². The van der Waals surface area contributed by atoms with Gasteiger partial charge in [0.05, 0.1) is 6.42 Å². The lowest BCUT2D eigenvalue weighted by Gasteiger charge is -2.19. The lowest BCUT2D eigenvalue weighted by molar-refractivity contribution is -0.117. The molecule has 0 aliphatic carbocycles. The molecule has 1 heterocycles. The molecule has 132 valence electrons. The van der Waals surface area contributed by atoms with Crippen LogP contribution >= 0.6 is 0 Å². The Bertz CT molecular complexity index is 755. The second-order valence-corrected chi connectivity index (χ2v) is 6.85. The van der Waals surface area contributed by atoms with Crippen LogP contribution in [0.5, 0.6) is 5.75 Å². The highest BCUT2D eigenvalue weighted by molar-refractivity contribution is 5.97. The van der Waals surface area contributed by atoms with E-state index in [1.54, 1.807) is 0 Å². The van der Waals surface area contributed by atoms with E-state index in [4.69, 9.17) is 4.74 Å². The van der Waals surface area contributed by atoms with Crippen LogP contribution in [0.25, 0.3) is 0 Å². The number of rotatable bonds is 6. The van der Waals surface area contributed by atoms with Crippen molar-refractivity contribution >= 4 is 11.6 Å². The van der Waals surface area contributed by atoms with Gasteiger partial charge in [-0.1, -0.05) is 30.3 Å². The first-order valence-electron chi connectivity index (χ1n) is 8.80. The number of aryl methyl sites for hydroxylation is 1. The van der Waals surface area contributed by atoms with Gasteiger partial charge in [-0.15, -0.1) is 0 Å². The Hall–Kier alpha value is -2.33. The number of para-hydroxylation sites is 1. The van der Waals surface area contributed by atoms with Crippen molar-refractivity contribution in [3.63, 3.8) is 0 Å². The third kappa shape index (κ3) is 4.20. The summed E-state index contributed by atoms with van der Waals surface area (Å²) in [6.45, 7) is 4.36. The third-order valence-electron chi connectivity index (χ3n) is 4.56. The number of benzene rings is 2. The maximum absolute atomic E-state index is 12.8. The Morgan fingerprint density at radius 1 is 1.20 bits per heavy atom. The molecule has 0 N–H and O–H groups in total. The molecule has 2 aromatic rings. The van der Waals surface area contributed by atoms with Gasteiger partial charge in [-0.2, -0.15) is 0 Å². The highest BCUT2D eigenvalue weighted by Gasteiger charge is 2.25. The monoisotopic (exact) mass is 338 g/mol. The number of fused-ring (bicyclic) bond motifs is 1. The van der Waals surface area contributed by atoms with Crippen LogP contribution in [0.4, 0.5) is 5.69 Å². The number of nitrogens with zero attached hydrogens (tertiary/aromatic N) is 2. The average Bonchev–Trinajstić information content (AvgIpc) is 3.00. The summed E-state index contributed by atoms with van der Waals surface area (Å²) in [6, 6.07) is 14.1. The molecule has 0 spiro atoms. The predicted octanol–water partition coefficient (Wildman–Crippen LogP) is 3.07. The molecule has 1 amide bonds. The fraction of sp³-hybridized carbons (Fsp3) is 0.381. The van der Waals surface area contributed by atoms with Crippen molar-refractivity contribution in [1.82, 2.24) is 4.90 Å². The average molecular weight is 338 g/mol. The Morgan fingerprint density at radius 2 is 2.00 bits per heavy atom.